The predicted octanol–water partition coefficient (Wildman–Crippen LogP) is 3.10. The van der Waals surface area contributed by atoms with Crippen molar-refractivity contribution < 1.29 is 14.0 Å². The van der Waals surface area contributed by atoms with Crippen LogP contribution in [0.1, 0.15) is 45.4 Å². The number of nitrogens with two attached hydrogens (primary N) is 1. The number of carbonyl (C=O) groups excluding carboxylic acids is 2. The van der Waals surface area contributed by atoms with Crippen molar-refractivity contribution >= 4 is 11.6 Å². The summed E-state index contributed by atoms with van der Waals surface area (Å²) in [7, 11) is 0. The molecule has 25 heavy (non-hydrogen) atoms. The Morgan fingerprint density at radius 1 is 1.32 bits per heavy atom. The molecule has 0 heterocycles. The van der Waals surface area contributed by atoms with Gasteiger partial charge in [-0.3, -0.25) is 9.59 Å². The topological polar surface area (TPSA) is 60.2 Å². The average molecular weight is 341 g/mol. The van der Waals surface area contributed by atoms with E-state index in [1.165, 1.54) is 6.17 Å². The first-order valence-corrected chi connectivity index (χ1v) is 9.25. The summed E-state index contributed by atoms with van der Waals surface area (Å²) in [5.41, 5.74) is 6.72. The van der Waals surface area contributed by atoms with Crippen molar-refractivity contribution in [2.45, 2.75) is 51.5 Å². The van der Waals surface area contributed by atoms with Gasteiger partial charge in [-0.05, 0) is 61.2 Å². The van der Waals surface area contributed by atoms with Crippen molar-refractivity contribution in [3.8, 4) is 12.1 Å². The van der Waals surface area contributed by atoms with Gasteiger partial charge in [0.2, 0.25) is 0 Å². The van der Waals surface area contributed by atoms with Gasteiger partial charge in [-0.15, -0.1) is 4.39 Å². The van der Waals surface area contributed by atoms with Crippen LogP contribution < -0.4 is 5.73 Å². The van der Waals surface area contributed by atoms with E-state index in [0.29, 0.717) is 30.5 Å². The van der Waals surface area contributed by atoms with Gasteiger partial charge >= 0.3 is 0 Å². The van der Waals surface area contributed by atoms with Crippen molar-refractivity contribution in [2.24, 2.45) is 34.3 Å². The summed E-state index contributed by atoms with van der Waals surface area (Å²) in [6.07, 6.45) is 11.2. The van der Waals surface area contributed by atoms with Gasteiger partial charge in [-0.1, -0.05) is 18.9 Å². The van der Waals surface area contributed by atoms with E-state index in [2.05, 4.69) is 12.8 Å². The zero-order valence-corrected chi connectivity index (χ0v) is 14.6. The summed E-state index contributed by atoms with van der Waals surface area (Å²) >= 11 is 0. The monoisotopic (exact) mass is 341 g/mol. The standard InChI is InChI=1S/C21H24FNO2/c1-20-8-6-16-14(15(20)3-4-19(20)25)12-18(23)17-11-13(24)5-9-21(16,17)7-2-10-22/h5,9,11,14-16,18H,3-4,6-8,12,23H2,1H3/t14-,15-,16-,18-,20-,21+/m0/s1. The van der Waals surface area contributed by atoms with E-state index in [1.54, 1.807) is 12.2 Å². The number of Topliss-reactive ketones (excluding diaryl/α,β-unsaturated/α-hetero) is 1. The van der Waals surface area contributed by atoms with Crippen LogP contribution in [0.2, 0.25) is 0 Å². The number of hydrogen-bond donors (Lipinski definition) is 1. The first-order valence-electron chi connectivity index (χ1n) is 9.25. The van der Waals surface area contributed by atoms with Crippen LogP contribution in [0, 0.1) is 40.7 Å². The molecular formula is C21H24FNO2. The quantitative estimate of drug-likeness (QED) is 0.746. The van der Waals surface area contributed by atoms with E-state index < -0.39 is 5.41 Å². The van der Waals surface area contributed by atoms with Crippen molar-refractivity contribution in [1.82, 2.24) is 0 Å². The minimum atomic E-state index is -0.456. The highest BCUT2D eigenvalue weighted by Gasteiger charge is 2.60. The highest BCUT2D eigenvalue weighted by molar-refractivity contribution is 6.01. The molecule has 0 aromatic heterocycles. The molecule has 3 nitrogen and oxygen atoms in total. The Morgan fingerprint density at radius 3 is 2.88 bits per heavy atom. The molecule has 0 aliphatic heterocycles. The lowest BCUT2D eigenvalue weighted by Crippen LogP contribution is -2.55. The molecule has 0 amide bonds. The number of carbonyl (C=O) groups is 2. The van der Waals surface area contributed by atoms with Crippen LogP contribution in [0.25, 0.3) is 0 Å². The molecule has 3 saturated carbocycles. The van der Waals surface area contributed by atoms with E-state index in [0.717, 1.165) is 31.3 Å². The Labute approximate surface area is 147 Å². The lowest BCUT2D eigenvalue weighted by molar-refractivity contribution is -0.131. The van der Waals surface area contributed by atoms with E-state index in [1.807, 2.05) is 6.08 Å². The molecule has 0 spiro atoms. The Bertz CT molecular complexity index is 758. The Hall–Kier alpha value is -1.73. The van der Waals surface area contributed by atoms with Crippen molar-refractivity contribution in [2.75, 3.05) is 0 Å². The van der Waals surface area contributed by atoms with E-state index >= 15 is 0 Å². The number of allylic oxidation sites excluding steroid dienone is 3. The lowest BCUT2D eigenvalue weighted by atomic mass is 9.46. The molecule has 3 fully saturated rings. The normalized spacial score (nSPS) is 45.0. The molecule has 4 aliphatic rings. The molecule has 132 valence electrons. The molecule has 4 rings (SSSR count). The van der Waals surface area contributed by atoms with Crippen LogP contribution >= 0.6 is 0 Å². The third-order valence-corrected chi connectivity index (χ3v) is 7.56. The SMILES string of the molecule is C[C@]12CC[C@H]3[C@@H](C[C@H](N)C4=CC(=O)C=C[C@@]43CC#CF)[C@@H]1CCC2=O. The fourth-order valence-electron chi connectivity index (χ4n) is 6.37. The second-order valence-corrected chi connectivity index (χ2v) is 8.46. The Kier molecular flexibility index (Phi) is 3.77. The van der Waals surface area contributed by atoms with Crippen LogP contribution in [0.5, 0.6) is 0 Å². The smallest absolute Gasteiger partial charge is 0.178 e. The maximum atomic E-state index is 12.7. The van der Waals surface area contributed by atoms with Crippen LogP contribution in [0.15, 0.2) is 23.8 Å². The maximum absolute atomic E-state index is 12.7. The summed E-state index contributed by atoms with van der Waals surface area (Å²) in [6, 6.07) is -0.227. The van der Waals surface area contributed by atoms with E-state index in [9.17, 15) is 14.0 Å². The molecule has 0 aromatic carbocycles. The number of rotatable bonds is 1. The van der Waals surface area contributed by atoms with Gasteiger partial charge in [0, 0.05) is 29.7 Å². The van der Waals surface area contributed by atoms with Gasteiger partial charge in [-0.25, -0.2) is 0 Å². The number of halogens is 1. The zero-order valence-electron chi connectivity index (χ0n) is 14.6. The molecule has 0 radical (unpaired) electrons. The molecule has 0 unspecified atom stereocenters. The van der Waals surface area contributed by atoms with Crippen LogP contribution in [-0.4, -0.2) is 17.6 Å². The fraction of sp³-hybridized carbons (Fsp3) is 0.619. The maximum Gasteiger partial charge on any atom is 0.178 e. The first-order chi connectivity index (χ1) is 11.9. The van der Waals surface area contributed by atoms with Crippen molar-refractivity contribution in [3.05, 3.63) is 23.8 Å². The Balaban J connectivity index is 1.80. The van der Waals surface area contributed by atoms with Gasteiger partial charge in [0.25, 0.3) is 0 Å². The minimum absolute atomic E-state index is 0.0515. The summed E-state index contributed by atoms with van der Waals surface area (Å²) in [5, 5.41) is 0. The lowest BCUT2D eigenvalue weighted by Gasteiger charge is -2.57. The van der Waals surface area contributed by atoms with Crippen molar-refractivity contribution in [1.29, 1.82) is 0 Å². The molecule has 0 bridgehead atoms. The van der Waals surface area contributed by atoms with E-state index in [-0.39, 0.29) is 23.2 Å². The summed E-state index contributed by atoms with van der Waals surface area (Å²) < 4.78 is 12.7. The summed E-state index contributed by atoms with van der Waals surface area (Å²) in [5.74, 6) is 3.89. The van der Waals surface area contributed by atoms with Gasteiger partial charge in [0.15, 0.2) is 5.78 Å². The molecule has 6 atom stereocenters. The fourth-order valence-corrected chi connectivity index (χ4v) is 6.37. The highest BCUT2D eigenvalue weighted by atomic mass is 19.1. The third-order valence-electron chi connectivity index (χ3n) is 7.56. The van der Waals surface area contributed by atoms with E-state index in [4.69, 9.17) is 5.73 Å². The van der Waals surface area contributed by atoms with Gasteiger partial charge in [-0.2, -0.15) is 0 Å². The summed E-state index contributed by atoms with van der Waals surface area (Å²) in [6.45, 7) is 2.12. The summed E-state index contributed by atoms with van der Waals surface area (Å²) in [4.78, 5) is 24.4. The number of ketones is 2. The molecule has 2 N–H and O–H groups in total. The second-order valence-electron chi connectivity index (χ2n) is 8.46. The minimum Gasteiger partial charge on any atom is -0.324 e. The average Bonchev–Trinajstić information content (AvgIpc) is 2.90. The molecule has 4 heteroatoms. The molecule has 4 aliphatic carbocycles. The zero-order chi connectivity index (χ0) is 17.8. The first kappa shape index (κ1) is 16.7. The van der Waals surface area contributed by atoms with Crippen LogP contribution in [0.3, 0.4) is 0 Å². The largest absolute Gasteiger partial charge is 0.324 e. The highest BCUT2D eigenvalue weighted by Crippen LogP contribution is 2.64. The predicted molar refractivity (Wildman–Crippen MR) is 92.8 cm³/mol. The second kappa shape index (κ2) is 5.64. The van der Waals surface area contributed by atoms with Crippen LogP contribution in [0.4, 0.5) is 4.39 Å². The molecule has 0 aromatic rings. The van der Waals surface area contributed by atoms with Crippen LogP contribution in [-0.2, 0) is 9.59 Å². The van der Waals surface area contributed by atoms with Gasteiger partial charge < -0.3 is 5.73 Å². The third kappa shape index (κ3) is 2.22. The Morgan fingerprint density at radius 2 is 2.12 bits per heavy atom. The molecule has 0 saturated heterocycles. The van der Waals surface area contributed by atoms with Gasteiger partial charge in [0.1, 0.15) is 12.0 Å². The number of hydrogen-bond acceptors (Lipinski definition) is 3. The number of fused-ring (bicyclic) bond motifs is 5. The molecular weight excluding hydrogens is 317 g/mol. The van der Waals surface area contributed by atoms with Crippen molar-refractivity contribution in [3.63, 3.8) is 0 Å². The van der Waals surface area contributed by atoms with Gasteiger partial charge in [0.05, 0.1) is 0 Å².